The van der Waals surface area contributed by atoms with Crippen molar-refractivity contribution in [2.75, 3.05) is 5.32 Å². The summed E-state index contributed by atoms with van der Waals surface area (Å²) in [7, 11) is 0. The number of benzene rings is 3. The van der Waals surface area contributed by atoms with Crippen LogP contribution in [0.15, 0.2) is 85.0 Å². The fraction of sp³-hybridized carbons (Fsp3) is 0.207. The maximum absolute atomic E-state index is 14.5. The van der Waals surface area contributed by atoms with Gasteiger partial charge in [-0.05, 0) is 60.2 Å². The Morgan fingerprint density at radius 1 is 0.833 bits per heavy atom. The molecular formula is C29H21F8N3O2. The Kier molecular flexibility index (Phi) is 7.60. The molecule has 1 aliphatic rings. The molecule has 5 rings (SSSR count). The van der Waals surface area contributed by atoms with E-state index in [0.29, 0.717) is 12.5 Å². The molecule has 5 nitrogen and oxygen atoms in total. The zero-order chi connectivity index (χ0) is 30.1. The highest BCUT2D eigenvalue weighted by Gasteiger charge is 2.40. The van der Waals surface area contributed by atoms with Crippen LogP contribution in [0, 0.1) is 17.6 Å². The second-order valence-corrected chi connectivity index (χ2v) is 9.56. The third-order valence-corrected chi connectivity index (χ3v) is 6.60. The van der Waals surface area contributed by atoms with Gasteiger partial charge in [-0.25, -0.2) is 13.8 Å². The molecule has 1 aliphatic carbocycles. The molecule has 1 aromatic heterocycles. The molecule has 42 heavy (non-hydrogen) atoms. The Bertz CT molecular complexity index is 1580. The number of aromatic nitrogens is 2. The highest BCUT2D eigenvalue weighted by Crippen LogP contribution is 2.43. The molecular weight excluding hydrogens is 574 g/mol. The van der Waals surface area contributed by atoms with E-state index in [1.165, 1.54) is 24.3 Å². The molecule has 0 saturated heterocycles. The summed E-state index contributed by atoms with van der Waals surface area (Å²) in [6.45, 7) is 0. The Morgan fingerprint density at radius 2 is 1.45 bits per heavy atom. The number of ether oxygens (including phenoxy) is 2. The largest absolute Gasteiger partial charge is 0.573 e. The highest BCUT2D eigenvalue weighted by molar-refractivity contribution is 5.78. The minimum atomic E-state index is -5.02. The number of allylic oxidation sites excluding steroid dienone is 4. The molecule has 4 aromatic rings. The number of fused-ring (bicyclic) bond motifs is 1. The van der Waals surface area contributed by atoms with Crippen LogP contribution < -0.4 is 14.8 Å². The molecule has 0 bridgehead atoms. The molecule has 0 saturated carbocycles. The molecule has 0 fully saturated rings. The average Bonchev–Trinajstić information content (AvgIpc) is 3.30. The van der Waals surface area contributed by atoms with Crippen LogP contribution in [0.4, 0.5) is 41.1 Å². The smallest absolute Gasteiger partial charge is 0.406 e. The number of nitrogens with zero attached hydrogens (tertiary/aromatic N) is 1. The number of rotatable bonds is 8. The number of alkyl halides is 6. The van der Waals surface area contributed by atoms with Crippen LogP contribution in [0.5, 0.6) is 11.5 Å². The van der Waals surface area contributed by atoms with Crippen molar-refractivity contribution in [3.05, 3.63) is 108 Å². The van der Waals surface area contributed by atoms with E-state index in [1.54, 1.807) is 12.2 Å². The van der Waals surface area contributed by atoms with E-state index in [9.17, 15) is 35.1 Å². The molecule has 0 spiro atoms. The lowest BCUT2D eigenvalue weighted by atomic mass is 9.74. The maximum Gasteiger partial charge on any atom is 0.573 e. The second kappa shape index (κ2) is 11.0. The van der Waals surface area contributed by atoms with E-state index in [2.05, 4.69) is 24.8 Å². The van der Waals surface area contributed by atoms with Crippen LogP contribution >= 0.6 is 0 Å². The Balaban J connectivity index is 1.72. The van der Waals surface area contributed by atoms with Crippen LogP contribution in [0.3, 0.4) is 0 Å². The van der Waals surface area contributed by atoms with Gasteiger partial charge in [-0.3, -0.25) is 0 Å². The molecule has 0 radical (unpaired) electrons. The predicted octanol–water partition coefficient (Wildman–Crippen LogP) is 8.52. The lowest BCUT2D eigenvalue weighted by Gasteiger charge is -2.39. The van der Waals surface area contributed by atoms with Crippen LogP contribution in [-0.2, 0) is 5.54 Å². The highest BCUT2D eigenvalue weighted by atomic mass is 19.4. The molecule has 2 N–H and O–H groups in total. The third kappa shape index (κ3) is 6.67. The Labute approximate surface area is 233 Å². The number of nitrogens with one attached hydrogen (secondary N) is 2. The zero-order valence-corrected chi connectivity index (χ0v) is 21.4. The number of aromatic amines is 1. The van der Waals surface area contributed by atoms with E-state index in [1.807, 2.05) is 12.2 Å². The van der Waals surface area contributed by atoms with Gasteiger partial charge in [0.15, 0.2) is 5.82 Å². The summed E-state index contributed by atoms with van der Waals surface area (Å²) in [4.78, 5) is 6.94. The summed E-state index contributed by atoms with van der Waals surface area (Å²) in [5, 5.41) is 3.10. The van der Waals surface area contributed by atoms with Gasteiger partial charge in [-0.1, -0.05) is 48.6 Å². The minimum Gasteiger partial charge on any atom is -0.406 e. The summed E-state index contributed by atoms with van der Waals surface area (Å²) >= 11 is 0. The minimum absolute atomic E-state index is 0.0206. The van der Waals surface area contributed by atoms with Gasteiger partial charge in [0.25, 0.3) is 0 Å². The molecule has 1 atom stereocenters. The Morgan fingerprint density at radius 3 is 2.00 bits per heavy atom. The fourth-order valence-corrected chi connectivity index (χ4v) is 5.00. The second-order valence-electron chi connectivity index (χ2n) is 9.56. The first-order valence-corrected chi connectivity index (χ1v) is 12.5. The summed E-state index contributed by atoms with van der Waals surface area (Å²) in [6.07, 6.45) is -2.19. The standard InChI is InChI=1S/C29H21F8N3O2/c30-20-14-23(31)25-24(15-20)38-26(39-25)40-27(16-17-6-2-1-3-7-17,18-8-4-10-21(12-18)41-28(32,33)34)19-9-5-11-22(13-19)42-29(35,36)37/h1-6,8-15,17H,7,16H2,(H2,38,39,40). The molecule has 13 heteroatoms. The van der Waals surface area contributed by atoms with Crippen LogP contribution in [0.1, 0.15) is 24.0 Å². The summed E-state index contributed by atoms with van der Waals surface area (Å²) in [5.41, 5.74) is -1.53. The van der Waals surface area contributed by atoms with Gasteiger partial charge in [-0.15, -0.1) is 26.3 Å². The van der Waals surface area contributed by atoms with Crippen molar-refractivity contribution in [2.45, 2.75) is 31.1 Å². The number of halogens is 8. The first-order valence-electron chi connectivity index (χ1n) is 12.5. The van der Waals surface area contributed by atoms with Crippen molar-refractivity contribution in [1.29, 1.82) is 0 Å². The van der Waals surface area contributed by atoms with E-state index >= 15 is 0 Å². The first kappa shape index (κ1) is 29.0. The molecule has 1 unspecified atom stereocenters. The quantitative estimate of drug-likeness (QED) is 0.201. The van der Waals surface area contributed by atoms with Gasteiger partial charge in [0.05, 0.1) is 11.1 Å². The lowest BCUT2D eigenvalue weighted by molar-refractivity contribution is -0.275. The molecule has 220 valence electrons. The molecule has 0 aliphatic heterocycles. The number of anilines is 1. The topological polar surface area (TPSA) is 59.2 Å². The van der Waals surface area contributed by atoms with Crippen LogP contribution in [0.2, 0.25) is 0 Å². The SMILES string of the molecule is Fc1cc(F)c2nc(NC(CC3C=CC=CC3)(c3cccc(OC(F)(F)F)c3)c3cccc(OC(F)(F)F)c3)[nH]c2c1. The van der Waals surface area contributed by atoms with E-state index in [4.69, 9.17) is 0 Å². The average molecular weight is 595 g/mol. The maximum atomic E-state index is 14.5. The van der Waals surface area contributed by atoms with Gasteiger partial charge < -0.3 is 19.8 Å². The van der Waals surface area contributed by atoms with Gasteiger partial charge in [0.1, 0.15) is 22.8 Å². The normalized spacial score (nSPS) is 15.7. The van der Waals surface area contributed by atoms with E-state index in [-0.39, 0.29) is 40.4 Å². The van der Waals surface area contributed by atoms with Gasteiger partial charge >= 0.3 is 12.7 Å². The summed E-state index contributed by atoms with van der Waals surface area (Å²) in [6, 6.07) is 11.5. The fourth-order valence-electron chi connectivity index (χ4n) is 5.00. The van der Waals surface area contributed by atoms with E-state index < -0.39 is 41.4 Å². The molecule has 0 amide bonds. The van der Waals surface area contributed by atoms with Gasteiger partial charge in [0.2, 0.25) is 5.95 Å². The number of H-pyrrole nitrogens is 1. The third-order valence-electron chi connectivity index (χ3n) is 6.60. The number of hydrogen-bond donors (Lipinski definition) is 2. The van der Waals surface area contributed by atoms with Crippen molar-refractivity contribution in [1.82, 2.24) is 9.97 Å². The summed E-state index contributed by atoms with van der Waals surface area (Å²) < 4.78 is 116. The monoisotopic (exact) mass is 595 g/mol. The predicted molar refractivity (Wildman–Crippen MR) is 138 cm³/mol. The summed E-state index contributed by atoms with van der Waals surface area (Å²) in [5.74, 6) is -3.39. The van der Waals surface area contributed by atoms with Crippen molar-refractivity contribution >= 4 is 17.0 Å². The zero-order valence-electron chi connectivity index (χ0n) is 21.4. The molecule has 3 aromatic carbocycles. The lowest BCUT2D eigenvalue weighted by Crippen LogP contribution is -2.39. The van der Waals surface area contributed by atoms with Crippen molar-refractivity contribution in [3.63, 3.8) is 0 Å². The Hall–Kier alpha value is -4.55. The van der Waals surface area contributed by atoms with Crippen LogP contribution in [-0.4, -0.2) is 22.7 Å². The van der Waals surface area contributed by atoms with Crippen LogP contribution in [0.25, 0.3) is 11.0 Å². The first-order chi connectivity index (χ1) is 19.8. The molecule has 1 heterocycles. The van der Waals surface area contributed by atoms with Crippen molar-refractivity contribution in [2.24, 2.45) is 5.92 Å². The van der Waals surface area contributed by atoms with Gasteiger partial charge in [0, 0.05) is 6.07 Å². The van der Waals surface area contributed by atoms with Crippen molar-refractivity contribution < 1.29 is 44.6 Å². The number of hydrogen-bond acceptors (Lipinski definition) is 4. The van der Waals surface area contributed by atoms with E-state index in [0.717, 1.165) is 30.3 Å². The number of imidazole rings is 1. The van der Waals surface area contributed by atoms with Gasteiger partial charge in [-0.2, -0.15) is 0 Å². The van der Waals surface area contributed by atoms with Crippen molar-refractivity contribution in [3.8, 4) is 11.5 Å².